The van der Waals surface area contributed by atoms with Crippen molar-refractivity contribution in [3.63, 3.8) is 0 Å². The number of rotatable bonds is 10. The Bertz CT molecular complexity index is 1140. The number of ether oxygens (including phenoxy) is 1. The molecule has 2 heterocycles. The number of hydrogen-bond donors (Lipinski definition) is 2. The lowest BCUT2D eigenvalue weighted by Crippen LogP contribution is -2.61. The molecular weight excluding hydrogens is 605 g/mol. The highest BCUT2D eigenvalue weighted by Gasteiger charge is 2.58. The number of thioether (sulfide) groups is 2. The molecule has 10 heteroatoms. The van der Waals surface area contributed by atoms with Gasteiger partial charge in [-0.15, -0.1) is 11.8 Å². The summed E-state index contributed by atoms with van der Waals surface area (Å²) in [6.07, 6.45) is 7.59. The van der Waals surface area contributed by atoms with Crippen LogP contribution in [0, 0.1) is 5.92 Å². The molecule has 1 saturated carbocycles. The van der Waals surface area contributed by atoms with Gasteiger partial charge in [-0.05, 0) is 91.4 Å². The molecule has 1 aromatic rings. The lowest BCUT2D eigenvalue weighted by atomic mass is 9.91. The van der Waals surface area contributed by atoms with Gasteiger partial charge in [0.25, 0.3) is 0 Å². The molecule has 252 valence electrons. The van der Waals surface area contributed by atoms with E-state index in [1.165, 1.54) is 37.7 Å². The molecule has 3 aliphatic rings. The van der Waals surface area contributed by atoms with Crippen molar-refractivity contribution in [1.82, 2.24) is 20.4 Å². The summed E-state index contributed by atoms with van der Waals surface area (Å²) >= 11 is 3.34. The van der Waals surface area contributed by atoms with Crippen LogP contribution < -0.4 is 10.6 Å². The highest BCUT2D eigenvalue weighted by Crippen LogP contribution is 2.51. The minimum absolute atomic E-state index is 0.0722. The number of likely N-dealkylation sites (tertiary alicyclic amines) is 1. The topological polar surface area (TPSA) is 91.0 Å². The summed E-state index contributed by atoms with van der Waals surface area (Å²) in [4.78, 5) is 44.8. The Morgan fingerprint density at radius 2 is 1.64 bits per heavy atom. The van der Waals surface area contributed by atoms with E-state index < -0.39 is 33.4 Å². The van der Waals surface area contributed by atoms with Crippen LogP contribution in [0.25, 0.3) is 0 Å². The summed E-state index contributed by atoms with van der Waals surface area (Å²) in [7, 11) is 0. The highest BCUT2D eigenvalue weighted by atomic mass is 32.2. The largest absolute Gasteiger partial charge is 0.444 e. The zero-order chi connectivity index (χ0) is 32.8. The van der Waals surface area contributed by atoms with Crippen molar-refractivity contribution in [2.45, 2.75) is 133 Å². The Balaban J connectivity index is 1.43. The summed E-state index contributed by atoms with van der Waals surface area (Å²) in [5.74, 6) is 1.74. The van der Waals surface area contributed by atoms with Gasteiger partial charge in [-0.3, -0.25) is 19.4 Å². The van der Waals surface area contributed by atoms with Crippen LogP contribution in [0.1, 0.15) is 99.0 Å². The average Bonchev–Trinajstić information content (AvgIpc) is 3.16. The van der Waals surface area contributed by atoms with E-state index in [4.69, 9.17) is 4.74 Å². The van der Waals surface area contributed by atoms with E-state index in [1.807, 2.05) is 54.5 Å². The first-order chi connectivity index (χ1) is 21.1. The van der Waals surface area contributed by atoms with E-state index >= 15 is 0 Å². The zero-order valence-electron chi connectivity index (χ0n) is 28.5. The van der Waals surface area contributed by atoms with Crippen LogP contribution in [-0.2, 0) is 20.9 Å². The van der Waals surface area contributed by atoms with Crippen molar-refractivity contribution >= 4 is 41.4 Å². The van der Waals surface area contributed by atoms with E-state index in [0.717, 1.165) is 38.2 Å². The second-order valence-electron chi connectivity index (χ2n) is 15.1. The molecule has 0 bridgehead atoms. The molecule has 2 saturated heterocycles. The SMILES string of the molecule is CC(C)(C)OC(=O)N1[C@H](C(=O)N[C@@H](CSCC2CCCCC2)C(=O)NC2CCN(Cc3ccccc3)CC2)C(C)(C)SC1(C)C. The van der Waals surface area contributed by atoms with Crippen LogP contribution in [0.15, 0.2) is 30.3 Å². The lowest BCUT2D eigenvalue weighted by molar-refractivity contribution is -0.132. The average molecular weight is 661 g/mol. The van der Waals surface area contributed by atoms with E-state index in [9.17, 15) is 14.4 Å². The molecule has 0 radical (unpaired) electrons. The number of carbonyl (C=O) groups excluding carboxylic acids is 3. The molecule has 3 fully saturated rings. The first-order valence-corrected chi connectivity index (χ1v) is 18.8. The number of carbonyl (C=O) groups is 3. The zero-order valence-corrected chi connectivity index (χ0v) is 30.2. The van der Waals surface area contributed by atoms with Gasteiger partial charge in [0.2, 0.25) is 11.8 Å². The molecule has 1 aliphatic carbocycles. The van der Waals surface area contributed by atoms with Crippen LogP contribution >= 0.6 is 23.5 Å². The molecule has 3 amide bonds. The molecule has 8 nitrogen and oxygen atoms in total. The number of amides is 3. The fourth-order valence-electron chi connectivity index (χ4n) is 6.96. The van der Waals surface area contributed by atoms with E-state index in [0.29, 0.717) is 11.7 Å². The Labute approximate surface area is 279 Å². The summed E-state index contributed by atoms with van der Waals surface area (Å²) in [6.45, 7) is 16.1. The standard InChI is InChI=1S/C35H56N4O4S2/c1-33(2,3)43-32(42)39-29(34(4,5)45-35(39,6)7)31(41)37-28(24-44-23-26-16-12-9-13-17-26)30(40)36-27-18-20-38(21-19-27)22-25-14-10-8-11-15-25/h8,10-11,14-15,26-29H,9,12-13,16-24H2,1-7H3,(H,36,40)(H,37,41)/t28-,29+/m0/s1. The first-order valence-electron chi connectivity index (χ1n) is 16.8. The molecule has 0 spiro atoms. The maximum atomic E-state index is 14.1. The lowest BCUT2D eigenvalue weighted by Gasteiger charge is -2.37. The molecule has 45 heavy (non-hydrogen) atoms. The summed E-state index contributed by atoms with van der Waals surface area (Å²) in [6, 6.07) is 9.09. The quantitative estimate of drug-likeness (QED) is 0.299. The Morgan fingerprint density at radius 3 is 2.27 bits per heavy atom. The van der Waals surface area contributed by atoms with Crippen LogP contribution in [0.4, 0.5) is 4.79 Å². The van der Waals surface area contributed by atoms with Crippen molar-refractivity contribution in [2.75, 3.05) is 24.6 Å². The van der Waals surface area contributed by atoms with Gasteiger partial charge < -0.3 is 15.4 Å². The van der Waals surface area contributed by atoms with Crippen LogP contribution in [0.5, 0.6) is 0 Å². The van der Waals surface area contributed by atoms with Crippen LogP contribution in [0.3, 0.4) is 0 Å². The number of benzene rings is 1. The summed E-state index contributed by atoms with van der Waals surface area (Å²) in [5, 5.41) is 6.41. The smallest absolute Gasteiger partial charge is 0.412 e. The Kier molecular flexibility index (Phi) is 12.2. The van der Waals surface area contributed by atoms with Crippen molar-refractivity contribution in [3.8, 4) is 0 Å². The van der Waals surface area contributed by atoms with Crippen LogP contribution in [0.2, 0.25) is 0 Å². The third-order valence-corrected chi connectivity index (χ3v) is 11.7. The van der Waals surface area contributed by atoms with Gasteiger partial charge in [0, 0.05) is 36.2 Å². The monoisotopic (exact) mass is 660 g/mol. The number of hydrogen-bond acceptors (Lipinski definition) is 7. The van der Waals surface area contributed by atoms with E-state index in [1.54, 1.807) is 28.4 Å². The third-order valence-electron chi connectivity index (χ3n) is 9.03. The van der Waals surface area contributed by atoms with Gasteiger partial charge in [0.15, 0.2) is 0 Å². The van der Waals surface area contributed by atoms with Crippen molar-refractivity contribution in [1.29, 1.82) is 0 Å². The van der Waals surface area contributed by atoms with Crippen LogP contribution in [-0.4, -0.2) is 85.6 Å². The second-order valence-corrected chi connectivity index (χ2v) is 18.4. The molecule has 2 atom stereocenters. The molecule has 0 unspecified atom stereocenters. The van der Waals surface area contributed by atoms with Crippen molar-refractivity contribution < 1.29 is 19.1 Å². The molecule has 2 aliphatic heterocycles. The molecule has 2 N–H and O–H groups in total. The van der Waals surface area contributed by atoms with Gasteiger partial charge in [-0.2, -0.15) is 11.8 Å². The van der Waals surface area contributed by atoms with Gasteiger partial charge in [-0.1, -0.05) is 49.6 Å². The number of nitrogens with one attached hydrogen (secondary N) is 2. The van der Waals surface area contributed by atoms with E-state index in [-0.39, 0.29) is 17.9 Å². The predicted molar refractivity (Wildman–Crippen MR) is 186 cm³/mol. The first kappa shape index (κ1) is 35.9. The summed E-state index contributed by atoms with van der Waals surface area (Å²) < 4.78 is 5.19. The maximum Gasteiger partial charge on any atom is 0.412 e. The molecule has 1 aromatic carbocycles. The normalized spacial score (nSPS) is 23.4. The Hall–Kier alpha value is -1.91. The minimum Gasteiger partial charge on any atom is -0.444 e. The maximum absolute atomic E-state index is 14.1. The number of nitrogens with zero attached hydrogens (tertiary/aromatic N) is 2. The highest BCUT2D eigenvalue weighted by molar-refractivity contribution is 8.02. The van der Waals surface area contributed by atoms with Gasteiger partial charge >= 0.3 is 6.09 Å². The van der Waals surface area contributed by atoms with Gasteiger partial charge in [0.05, 0.1) is 4.87 Å². The second kappa shape index (κ2) is 15.3. The van der Waals surface area contributed by atoms with E-state index in [2.05, 4.69) is 39.8 Å². The van der Waals surface area contributed by atoms with Gasteiger partial charge in [0.1, 0.15) is 17.7 Å². The fraction of sp³-hybridized carbons (Fsp3) is 0.743. The molecule has 0 aromatic heterocycles. The molecular formula is C35H56N4O4S2. The minimum atomic E-state index is -0.785. The van der Waals surface area contributed by atoms with Crippen molar-refractivity contribution in [3.05, 3.63) is 35.9 Å². The predicted octanol–water partition coefficient (Wildman–Crippen LogP) is 6.43. The number of piperidine rings is 1. The molecule has 4 rings (SSSR count). The van der Waals surface area contributed by atoms with Crippen molar-refractivity contribution in [2.24, 2.45) is 5.92 Å². The fourth-order valence-corrected chi connectivity index (χ4v) is 10.1. The Morgan fingerprint density at radius 1 is 1.00 bits per heavy atom. The third kappa shape index (κ3) is 10.3. The van der Waals surface area contributed by atoms with Gasteiger partial charge in [-0.25, -0.2) is 4.79 Å². The summed E-state index contributed by atoms with van der Waals surface area (Å²) in [5.41, 5.74) is 0.606.